The molecule has 3 saturated heterocycles. The number of carbonyl (C=O) groups excluding carboxylic acids is 2. The predicted octanol–water partition coefficient (Wildman–Crippen LogP) is 6.98. The molecule has 0 saturated carbocycles. The summed E-state index contributed by atoms with van der Waals surface area (Å²) in [6.45, 7) is 3.78. The fourth-order valence-electron chi connectivity index (χ4n) is 7.85. The molecule has 6 nitrogen and oxygen atoms in total. The lowest BCUT2D eigenvalue weighted by molar-refractivity contribution is -0.128. The Labute approximate surface area is 272 Å². The van der Waals surface area contributed by atoms with Crippen LogP contribution in [0.25, 0.3) is 0 Å². The summed E-state index contributed by atoms with van der Waals surface area (Å²) < 4.78 is 6.01. The van der Waals surface area contributed by atoms with Crippen LogP contribution in [0.2, 0.25) is 5.02 Å². The molecule has 2 unspecified atom stereocenters. The monoisotopic (exact) mass is 635 g/mol. The number of benzene rings is 4. The number of fused-ring (bicyclic) bond motifs is 4. The highest BCUT2D eigenvalue weighted by atomic mass is 35.5. The molecule has 1 spiro atoms. The molecular weight excluding hydrogens is 602 g/mol. The summed E-state index contributed by atoms with van der Waals surface area (Å²) in [4.78, 5) is 34.5. The normalized spacial score (nSPS) is 27.2. The Morgan fingerprint density at radius 1 is 0.933 bits per heavy atom. The Balaban J connectivity index is 1.26. The van der Waals surface area contributed by atoms with Crippen molar-refractivity contribution in [3.05, 3.63) is 130 Å². The number of anilines is 1. The Bertz CT molecular complexity index is 1730. The lowest BCUT2D eigenvalue weighted by atomic mass is 9.69. The van der Waals surface area contributed by atoms with Crippen LogP contribution in [0, 0.1) is 5.92 Å². The highest BCUT2D eigenvalue weighted by Crippen LogP contribution is 2.66. The highest BCUT2D eigenvalue weighted by molar-refractivity contribution is 7.99. The molecular formula is C37H34ClN3O3S. The maximum Gasteiger partial charge on any atom is 0.250 e. The topological polar surface area (TPSA) is 61.9 Å². The van der Waals surface area contributed by atoms with Gasteiger partial charge in [0, 0.05) is 46.1 Å². The number of hydrogen-bond donors (Lipinski definition) is 1. The van der Waals surface area contributed by atoms with E-state index in [1.54, 1.807) is 6.07 Å². The van der Waals surface area contributed by atoms with E-state index in [0.717, 1.165) is 47.8 Å². The molecule has 8 heteroatoms. The Kier molecular flexibility index (Phi) is 7.45. The number of likely N-dealkylation sites (tertiary alicyclic amines) is 1. The first-order valence-corrected chi connectivity index (χ1v) is 17.1. The van der Waals surface area contributed by atoms with Crippen molar-refractivity contribution in [1.82, 2.24) is 9.80 Å². The second-order valence-electron chi connectivity index (χ2n) is 12.3. The summed E-state index contributed by atoms with van der Waals surface area (Å²) in [5.41, 5.74) is 2.99. The van der Waals surface area contributed by atoms with Crippen LogP contribution in [-0.2, 0) is 10.3 Å². The Morgan fingerprint density at radius 3 is 2.33 bits per heavy atom. The Morgan fingerprint density at radius 2 is 1.64 bits per heavy atom. The van der Waals surface area contributed by atoms with E-state index in [1.807, 2.05) is 84.6 Å². The van der Waals surface area contributed by atoms with Gasteiger partial charge in [-0.3, -0.25) is 19.4 Å². The summed E-state index contributed by atoms with van der Waals surface area (Å²) in [7, 11) is 0. The van der Waals surface area contributed by atoms with Crippen molar-refractivity contribution in [2.75, 3.05) is 37.3 Å². The van der Waals surface area contributed by atoms with Gasteiger partial charge in [-0.15, -0.1) is 11.8 Å². The molecule has 4 heterocycles. The molecule has 3 fully saturated rings. The molecule has 4 aliphatic rings. The summed E-state index contributed by atoms with van der Waals surface area (Å²) in [5.74, 6) is 0.404. The minimum Gasteiger partial charge on any atom is -0.492 e. The van der Waals surface area contributed by atoms with Gasteiger partial charge in [-0.25, -0.2) is 0 Å². The third-order valence-electron chi connectivity index (χ3n) is 9.97. The van der Waals surface area contributed by atoms with Crippen LogP contribution in [0.5, 0.6) is 5.75 Å². The molecule has 8 rings (SSSR count). The molecule has 4 aliphatic heterocycles. The second kappa shape index (κ2) is 11.6. The van der Waals surface area contributed by atoms with Crippen molar-refractivity contribution in [2.45, 2.75) is 29.3 Å². The number of halogens is 1. The second-order valence-corrected chi connectivity index (χ2v) is 13.9. The zero-order valence-corrected chi connectivity index (χ0v) is 26.3. The van der Waals surface area contributed by atoms with E-state index in [4.69, 9.17) is 16.3 Å². The lowest BCUT2D eigenvalue weighted by Crippen LogP contribution is -2.53. The zero-order valence-electron chi connectivity index (χ0n) is 24.8. The van der Waals surface area contributed by atoms with Crippen LogP contribution in [0.1, 0.15) is 44.8 Å². The van der Waals surface area contributed by atoms with E-state index >= 15 is 4.79 Å². The summed E-state index contributed by atoms with van der Waals surface area (Å²) in [5, 5.41) is 3.60. The molecule has 1 N–H and O–H groups in total. The zero-order chi connectivity index (χ0) is 30.5. The van der Waals surface area contributed by atoms with Crippen LogP contribution in [0.4, 0.5) is 5.69 Å². The molecule has 1 amide bonds. The summed E-state index contributed by atoms with van der Waals surface area (Å²) in [6.07, 6.45) is 1.25. The van der Waals surface area contributed by atoms with Gasteiger partial charge in [0.15, 0.2) is 5.78 Å². The van der Waals surface area contributed by atoms with Gasteiger partial charge >= 0.3 is 0 Å². The number of amides is 1. The van der Waals surface area contributed by atoms with Crippen molar-refractivity contribution in [3.63, 3.8) is 0 Å². The van der Waals surface area contributed by atoms with E-state index in [2.05, 4.69) is 39.4 Å². The average Bonchev–Trinajstić information content (AvgIpc) is 3.70. The molecule has 4 aromatic carbocycles. The van der Waals surface area contributed by atoms with Crippen LogP contribution in [-0.4, -0.2) is 59.5 Å². The van der Waals surface area contributed by atoms with E-state index in [9.17, 15) is 4.79 Å². The Hall–Kier alpha value is -3.62. The number of nitrogens with zero attached hydrogens (tertiary/aromatic N) is 2. The van der Waals surface area contributed by atoms with Gasteiger partial charge in [0.1, 0.15) is 17.9 Å². The fourth-order valence-corrected chi connectivity index (χ4v) is 9.60. The van der Waals surface area contributed by atoms with Gasteiger partial charge in [-0.2, -0.15) is 0 Å². The first-order chi connectivity index (χ1) is 22.1. The molecule has 0 bridgehead atoms. The highest BCUT2D eigenvalue weighted by Gasteiger charge is 2.71. The number of thioether (sulfide) groups is 1. The average molecular weight is 636 g/mol. The SMILES string of the molecule is O=C(c1ccc(OCCN2CCC2)cc1)[C@H]1[C@H](c2ccccc2)C2CS[C@H](c3ccccc3)N2C12C(=O)Nc1ccc(Cl)cc12. The van der Waals surface area contributed by atoms with Crippen LogP contribution >= 0.6 is 23.4 Å². The number of nitrogens with one attached hydrogen (secondary N) is 1. The standard InChI is InChI=1S/C37H34ClN3O3S/c38-27-14-17-30-29(22-27)37(36(43)39-30)33(34(42)25-12-15-28(16-13-25)44-21-20-40-18-7-19-40)32(24-8-3-1-4-9-24)31-23-45-35(41(31)37)26-10-5-2-6-11-26/h1-6,8-17,22,31-33,35H,7,18-21,23H2,(H,39,43)/t31?,32-,33-,35-,37?/m1/s1. The molecule has 0 aromatic heterocycles. The number of hydrogen-bond acceptors (Lipinski definition) is 6. The van der Waals surface area contributed by atoms with Crippen molar-refractivity contribution >= 4 is 40.7 Å². The van der Waals surface area contributed by atoms with Crippen LogP contribution < -0.4 is 10.1 Å². The largest absolute Gasteiger partial charge is 0.492 e. The fraction of sp³-hybridized carbons (Fsp3) is 0.297. The van der Waals surface area contributed by atoms with E-state index in [0.29, 0.717) is 22.9 Å². The number of Topliss-reactive ketones (excluding diaryl/α,β-unsaturated/α-hetero) is 1. The molecule has 4 aromatic rings. The maximum absolute atomic E-state index is 15.1. The van der Waals surface area contributed by atoms with Crippen molar-refractivity contribution in [3.8, 4) is 5.75 Å². The van der Waals surface area contributed by atoms with Crippen molar-refractivity contribution in [2.24, 2.45) is 5.92 Å². The molecule has 0 aliphatic carbocycles. The van der Waals surface area contributed by atoms with Crippen LogP contribution in [0.15, 0.2) is 103 Å². The minimum atomic E-state index is -1.25. The number of ketones is 1. The van der Waals surface area contributed by atoms with Gasteiger partial charge in [-0.1, -0.05) is 72.3 Å². The molecule has 0 radical (unpaired) electrons. The number of rotatable bonds is 8. The summed E-state index contributed by atoms with van der Waals surface area (Å²) in [6, 6.07) is 33.5. The predicted molar refractivity (Wildman–Crippen MR) is 179 cm³/mol. The minimum absolute atomic E-state index is 0.0508. The van der Waals surface area contributed by atoms with E-state index < -0.39 is 11.5 Å². The lowest BCUT2D eigenvalue weighted by Gasteiger charge is -2.40. The third kappa shape index (κ3) is 4.71. The van der Waals surface area contributed by atoms with Gasteiger partial charge in [0.25, 0.3) is 0 Å². The van der Waals surface area contributed by atoms with E-state index in [1.165, 1.54) is 6.42 Å². The first-order valence-electron chi connectivity index (χ1n) is 15.7. The summed E-state index contributed by atoms with van der Waals surface area (Å²) >= 11 is 8.49. The van der Waals surface area contributed by atoms with Crippen molar-refractivity contribution in [1.29, 1.82) is 0 Å². The molecule has 5 atom stereocenters. The smallest absolute Gasteiger partial charge is 0.250 e. The number of carbonyl (C=O) groups is 2. The van der Waals surface area contributed by atoms with E-state index in [-0.39, 0.29) is 29.0 Å². The van der Waals surface area contributed by atoms with Gasteiger partial charge < -0.3 is 10.1 Å². The third-order valence-corrected chi connectivity index (χ3v) is 11.6. The number of ether oxygens (including phenoxy) is 1. The quantitative estimate of drug-likeness (QED) is 0.211. The van der Waals surface area contributed by atoms with Crippen molar-refractivity contribution < 1.29 is 14.3 Å². The molecule has 45 heavy (non-hydrogen) atoms. The van der Waals surface area contributed by atoms with Gasteiger partial charge in [-0.05, 0) is 73.1 Å². The maximum atomic E-state index is 15.1. The first kappa shape index (κ1) is 28.8. The van der Waals surface area contributed by atoms with Gasteiger partial charge in [0.05, 0.1) is 11.3 Å². The van der Waals surface area contributed by atoms with Gasteiger partial charge in [0.2, 0.25) is 5.91 Å². The van der Waals surface area contributed by atoms with Crippen LogP contribution in [0.3, 0.4) is 0 Å². The molecule has 228 valence electrons.